The van der Waals surface area contributed by atoms with Crippen molar-refractivity contribution >= 4 is 35.2 Å². The number of unbranched alkanes of at least 4 members (excludes halogenated alkanes) is 2. The summed E-state index contributed by atoms with van der Waals surface area (Å²) in [5, 5.41) is 14.3. The molecule has 0 saturated carbocycles. The maximum atomic E-state index is 13.4. The quantitative estimate of drug-likeness (QED) is 0.236. The largest absolute Gasteiger partial charge is 0.480 e. The number of nitrogens with zero attached hydrogens (tertiary/aromatic N) is 3. The first kappa shape index (κ1) is 35.3. The highest BCUT2D eigenvalue weighted by molar-refractivity contribution is 6.25. The number of halogens is 3. The molecule has 2 fully saturated rings. The van der Waals surface area contributed by atoms with Gasteiger partial charge in [-0.1, -0.05) is 19.9 Å². The Morgan fingerprint density at radius 3 is 2.53 bits per heavy atom. The van der Waals surface area contributed by atoms with Crippen LogP contribution in [0, 0.1) is 16.7 Å². The molecule has 2 saturated heterocycles. The van der Waals surface area contributed by atoms with E-state index >= 15 is 0 Å². The van der Waals surface area contributed by atoms with Crippen LogP contribution in [0.4, 0.5) is 18.9 Å². The average Bonchev–Trinajstić information content (AvgIpc) is 3.43. The van der Waals surface area contributed by atoms with E-state index in [0.29, 0.717) is 51.4 Å². The maximum Gasteiger partial charge on any atom is 0.417 e. The number of hydrogen-bond donors (Lipinski definition) is 2. The van der Waals surface area contributed by atoms with Gasteiger partial charge in [-0.05, 0) is 56.0 Å². The molecule has 260 valence electrons. The Labute approximate surface area is 280 Å². The Balaban J connectivity index is 1.03. The Morgan fingerprint density at radius 2 is 1.82 bits per heavy atom. The van der Waals surface area contributed by atoms with Gasteiger partial charge in [-0.15, -0.1) is 0 Å². The van der Waals surface area contributed by atoms with Crippen molar-refractivity contribution in [3.63, 3.8) is 0 Å². The highest BCUT2D eigenvalue weighted by Gasteiger charge is 2.48. The number of ether oxygens (including phenoxy) is 2. The lowest BCUT2D eigenvalue weighted by molar-refractivity contribution is -0.138. The molecule has 2 aromatic rings. The zero-order valence-corrected chi connectivity index (χ0v) is 27.0. The molecular formula is C34H36F3N5O7. The van der Waals surface area contributed by atoms with E-state index in [0.717, 1.165) is 23.5 Å². The van der Waals surface area contributed by atoms with Crippen molar-refractivity contribution in [2.75, 3.05) is 38.2 Å². The second kappa shape index (κ2) is 14.3. The van der Waals surface area contributed by atoms with Crippen LogP contribution in [-0.4, -0.2) is 84.3 Å². The summed E-state index contributed by atoms with van der Waals surface area (Å²) >= 11 is 0. The Bertz CT molecular complexity index is 1700. The van der Waals surface area contributed by atoms with Gasteiger partial charge in [-0.3, -0.25) is 34.2 Å². The zero-order valence-electron chi connectivity index (χ0n) is 27.0. The van der Waals surface area contributed by atoms with Crippen molar-refractivity contribution in [1.29, 1.82) is 5.26 Å². The molecule has 2 N–H and O–H groups in total. The number of nitrogens with one attached hydrogen (secondary N) is 2. The summed E-state index contributed by atoms with van der Waals surface area (Å²) in [5.74, 6) is -2.73. The van der Waals surface area contributed by atoms with Crippen molar-refractivity contribution in [3.05, 3.63) is 58.7 Å². The van der Waals surface area contributed by atoms with Crippen LogP contribution in [0.2, 0.25) is 0 Å². The molecule has 49 heavy (non-hydrogen) atoms. The molecule has 2 atom stereocenters. The fourth-order valence-corrected chi connectivity index (χ4v) is 6.32. The standard InChI is InChI=1S/C34H36F3N5O7/c1-33(2)19-41(32(47)28(33)49-21-10-9-20(18-38)23(17-21)34(35,36)37)14-4-3-5-15-48-16-13-39-24-8-6-7-22-27(24)31(46)42(30(22)45)25-11-12-26(43)40-29(25)44/h6-10,17,25,28,39H,3-5,11-16,19H2,1-2H3,(H,40,43,44). The number of piperidine rings is 1. The fourth-order valence-electron chi connectivity index (χ4n) is 6.32. The first-order valence-corrected chi connectivity index (χ1v) is 16.0. The van der Waals surface area contributed by atoms with Crippen LogP contribution in [-0.2, 0) is 25.3 Å². The minimum atomic E-state index is -4.74. The molecule has 2 unspecified atom stereocenters. The van der Waals surface area contributed by atoms with Crippen LogP contribution in [0.1, 0.15) is 77.8 Å². The van der Waals surface area contributed by atoms with Crippen molar-refractivity contribution in [2.45, 2.75) is 64.3 Å². The Hall–Kier alpha value is -4.97. The third-order valence-corrected chi connectivity index (χ3v) is 8.76. The van der Waals surface area contributed by atoms with E-state index in [1.165, 1.54) is 18.2 Å². The van der Waals surface area contributed by atoms with Crippen LogP contribution in [0.3, 0.4) is 0 Å². The number of carbonyl (C=O) groups excluding carboxylic acids is 5. The molecule has 3 heterocycles. The zero-order chi connectivity index (χ0) is 35.5. The van der Waals surface area contributed by atoms with E-state index in [4.69, 9.17) is 14.7 Å². The average molecular weight is 684 g/mol. The van der Waals surface area contributed by atoms with Crippen molar-refractivity contribution < 1.29 is 46.6 Å². The molecular weight excluding hydrogens is 647 g/mol. The number of fused-ring (bicyclic) bond motifs is 1. The van der Waals surface area contributed by atoms with E-state index in [9.17, 15) is 37.1 Å². The minimum absolute atomic E-state index is 0.0366. The third-order valence-electron chi connectivity index (χ3n) is 8.76. The number of anilines is 1. The van der Waals surface area contributed by atoms with Gasteiger partial charge in [-0.25, -0.2) is 0 Å². The Kier molecular flexibility index (Phi) is 10.3. The number of amides is 5. The molecule has 3 aliphatic rings. The van der Waals surface area contributed by atoms with Crippen LogP contribution >= 0.6 is 0 Å². The van der Waals surface area contributed by atoms with Gasteiger partial charge in [0.15, 0.2) is 6.10 Å². The fraction of sp³-hybridized carbons (Fsp3) is 0.471. The maximum absolute atomic E-state index is 13.4. The number of imide groups is 2. The first-order chi connectivity index (χ1) is 23.2. The third kappa shape index (κ3) is 7.54. The van der Waals surface area contributed by atoms with E-state index < -0.39 is 58.5 Å². The number of nitriles is 1. The molecule has 3 aliphatic heterocycles. The molecule has 0 aliphatic carbocycles. The molecule has 0 bridgehead atoms. The summed E-state index contributed by atoms with van der Waals surface area (Å²) in [6.07, 6.45) is -3.45. The lowest BCUT2D eigenvalue weighted by Crippen LogP contribution is -2.54. The van der Waals surface area contributed by atoms with Gasteiger partial charge in [0.25, 0.3) is 17.7 Å². The van der Waals surface area contributed by atoms with Gasteiger partial charge in [0, 0.05) is 43.8 Å². The smallest absolute Gasteiger partial charge is 0.417 e. The molecule has 5 amide bonds. The second-order valence-corrected chi connectivity index (χ2v) is 12.8. The molecule has 0 radical (unpaired) electrons. The van der Waals surface area contributed by atoms with Crippen LogP contribution in [0.5, 0.6) is 5.75 Å². The highest BCUT2D eigenvalue weighted by Crippen LogP contribution is 2.38. The van der Waals surface area contributed by atoms with E-state index in [2.05, 4.69) is 10.6 Å². The Morgan fingerprint density at radius 1 is 1.04 bits per heavy atom. The predicted molar refractivity (Wildman–Crippen MR) is 167 cm³/mol. The van der Waals surface area contributed by atoms with Gasteiger partial charge < -0.3 is 19.7 Å². The van der Waals surface area contributed by atoms with Crippen LogP contribution in [0.15, 0.2) is 36.4 Å². The van der Waals surface area contributed by atoms with Crippen LogP contribution < -0.4 is 15.4 Å². The molecule has 2 aromatic carbocycles. The topological polar surface area (TPSA) is 158 Å². The van der Waals surface area contributed by atoms with E-state index in [1.807, 2.05) is 13.8 Å². The van der Waals surface area contributed by atoms with Gasteiger partial charge >= 0.3 is 6.18 Å². The number of alkyl halides is 3. The van der Waals surface area contributed by atoms with E-state index in [-0.39, 0.29) is 35.6 Å². The van der Waals surface area contributed by atoms with Gasteiger partial charge in [-0.2, -0.15) is 18.4 Å². The molecule has 12 nitrogen and oxygen atoms in total. The summed E-state index contributed by atoms with van der Waals surface area (Å²) in [6.45, 7) is 5.57. The summed E-state index contributed by atoms with van der Waals surface area (Å²) in [5.41, 5.74) is -1.49. The number of hydrogen-bond acceptors (Lipinski definition) is 9. The number of benzene rings is 2. The van der Waals surface area contributed by atoms with E-state index in [1.54, 1.807) is 17.0 Å². The van der Waals surface area contributed by atoms with Crippen molar-refractivity contribution in [1.82, 2.24) is 15.1 Å². The summed E-state index contributed by atoms with van der Waals surface area (Å²) in [7, 11) is 0. The SMILES string of the molecule is CC1(C)CN(CCCCCOCCNc2cccc3c2C(=O)N(C2CCC(=O)NC2=O)C3=O)C(=O)C1Oc1ccc(C#N)c(C(F)(F)F)c1. The number of likely N-dealkylation sites (tertiary alicyclic amines) is 1. The van der Waals surface area contributed by atoms with Crippen molar-refractivity contribution in [2.24, 2.45) is 5.41 Å². The lowest BCUT2D eigenvalue weighted by Gasteiger charge is -2.27. The van der Waals surface area contributed by atoms with Gasteiger partial charge in [0.05, 0.1) is 34.9 Å². The minimum Gasteiger partial charge on any atom is -0.480 e. The predicted octanol–water partition coefficient (Wildman–Crippen LogP) is 3.89. The molecule has 5 rings (SSSR count). The van der Waals surface area contributed by atoms with Gasteiger partial charge in [0.1, 0.15) is 11.8 Å². The van der Waals surface area contributed by atoms with Crippen molar-refractivity contribution in [3.8, 4) is 11.8 Å². The second-order valence-electron chi connectivity index (χ2n) is 12.8. The molecule has 15 heteroatoms. The summed E-state index contributed by atoms with van der Waals surface area (Å²) in [6, 6.07) is 8.37. The van der Waals surface area contributed by atoms with Gasteiger partial charge in [0.2, 0.25) is 11.8 Å². The summed E-state index contributed by atoms with van der Waals surface area (Å²) < 4.78 is 51.7. The molecule has 0 aromatic heterocycles. The number of rotatable bonds is 13. The lowest BCUT2D eigenvalue weighted by atomic mass is 9.89. The van der Waals surface area contributed by atoms with Crippen LogP contribution in [0.25, 0.3) is 0 Å². The first-order valence-electron chi connectivity index (χ1n) is 16.0. The monoisotopic (exact) mass is 683 g/mol. The highest BCUT2D eigenvalue weighted by atomic mass is 19.4. The normalized spacial score (nSPS) is 20.4. The summed E-state index contributed by atoms with van der Waals surface area (Å²) in [4.78, 5) is 65.7. The number of carbonyl (C=O) groups is 5. The molecule has 0 spiro atoms.